The van der Waals surface area contributed by atoms with Crippen molar-refractivity contribution >= 4 is 39.0 Å². The van der Waals surface area contributed by atoms with Gasteiger partial charge in [0.25, 0.3) is 0 Å². The highest BCUT2D eigenvalue weighted by Gasteiger charge is 2.15. The average Bonchev–Trinajstić information content (AvgIpc) is 3.50. The van der Waals surface area contributed by atoms with Gasteiger partial charge in [-0.15, -0.1) is 11.3 Å². The van der Waals surface area contributed by atoms with Crippen molar-refractivity contribution in [2.75, 3.05) is 5.73 Å². The van der Waals surface area contributed by atoms with E-state index in [1.54, 1.807) is 24.7 Å². The Labute approximate surface area is 179 Å². The molecule has 31 heavy (non-hydrogen) atoms. The number of nitrogen functional groups attached to an aromatic ring is 1. The van der Waals surface area contributed by atoms with Gasteiger partial charge in [-0.1, -0.05) is 6.07 Å². The van der Waals surface area contributed by atoms with Crippen LogP contribution in [0, 0.1) is 5.13 Å². The molecule has 5 heterocycles. The molecule has 0 aliphatic rings. The van der Waals surface area contributed by atoms with Crippen LogP contribution in [0.25, 0.3) is 54.9 Å². The van der Waals surface area contributed by atoms with Crippen LogP contribution in [-0.4, -0.2) is 25.1 Å². The highest BCUT2D eigenvalue weighted by Crippen LogP contribution is 2.36. The van der Waals surface area contributed by atoms with E-state index in [4.69, 9.17) is 5.73 Å². The van der Waals surface area contributed by atoms with Gasteiger partial charge in [-0.3, -0.25) is 10.1 Å². The van der Waals surface area contributed by atoms with Gasteiger partial charge in [0.1, 0.15) is 11.3 Å². The first-order valence-corrected chi connectivity index (χ1v) is 10.4. The number of thiophene rings is 1. The second-order valence-corrected chi connectivity index (χ2v) is 8.28. The normalized spacial score (nSPS) is 11.5. The molecule has 0 aliphatic carbocycles. The summed E-state index contributed by atoms with van der Waals surface area (Å²) in [4.78, 5) is 12.9. The zero-order valence-electron chi connectivity index (χ0n) is 16.1. The first-order valence-electron chi connectivity index (χ1n) is 9.58. The van der Waals surface area contributed by atoms with E-state index in [1.807, 2.05) is 30.3 Å². The van der Waals surface area contributed by atoms with Crippen molar-refractivity contribution in [1.82, 2.24) is 25.1 Å². The zero-order chi connectivity index (χ0) is 20.9. The molecule has 0 unspecified atom stereocenters. The molecule has 0 atom stereocenters. The quantitative estimate of drug-likeness (QED) is 0.342. The van der Waals surface area contributed by atoms with E-state index in [-0.39, 0.29) is 5.13 Å². The van der Waals surface area contributed by atoms with Gasteiger partial charge in [0.15, 0.2) is 5.13 Å². The Bertz CT molecular complexity index is 1580. The Kier molecular flexibility index (Phi) is 3.87. The zero-order valence-corrected chi connectivity index (χ0v) is 16.9. The van der Waals surface area contributed by atoms with Gasteiger partial charge in [0.2, 0.25) is 0 Å². The fourth-order valence-corrected chi connectivity index (χ4v) is 4.61. The highest BCUT2D eigenvalue weighted by atomic mass is 32.1. The molecule has 5 aromatic heterocycles. The Morgan fingerprint density at radius 1 is 0.935 bits per heavy atom. The van der Waals surface area contributed by atoms with Crippen molar-refractivity contribution < 1.29 is 4.39 Å². The number of aromatic amines is 2. The lowest BCUT2D eigenvalue weighted by Gasteiger charge is -2.03. The van der Waals surface area contributed by atoms with Crippen LogP contribution in [0.5, 0.6) is 0 Å². The van der Waals surface area contributed by atoms with E-state index in [0.717, 1.165) is 66.2 Å². The number of benzene rings is 1. The maximum Gasteiger partial charge on any atom is 0.176 e. The van der Waals surface area contributed by atoms with Crippen molar-refractivity contribution in [2.45, 2.75) is 0 Å². The summed E-state index contributed by atoms with van der Waals surface area (Å²) in [7, 11) is 0. The summed E-state index contributed by atoms with van der Waals surface area (Å²) >= 11 is 1.12. The lowest BCUT2D eigenvalue weighted by molar-refractivity contribution is 0.657. The third kappa shape index (κ3) is 2.96. The molecule has 4 N–H and O–H groups in total. The van der Waals surface area contributed by atoms with Crippen LogP contribution >= 0.6 is 11.3 Å². The topological polar surface area (TPSA) is 96.3 Å². The number of pyridine rings is 2. The fourth-order valence-electron chi connectivity index (χ4n) is 3.84. The number of H-pyrrole nitrogens is 2. The van der Waals surface area contributed by atoms with Gasteiger partial charge in [-0.2, -0.15) is 9.49 Å². The number of hydrogen-bond acceptors (Lipinski definition) is 5. The lowest BCUT2D eigenvalue weighted by Crippen LogP contribution is -1.87. The van der Waals surface area contributed by atoms with Crippen molar-refractivity contribution in [3.05, 3.63) is 72.3 Å². The number of nitrogens with zero attached hydrogens (tertiary/aromatic N) is 3. The fraction of sp³-hybridized carbons (Fsp3) is 0. The van der Waals surface area contributed by atoms with Crippen molar-refractivity contribution in [3.63, 3.8) is 0 Å². The Morgan fingerprint density at radius 2 is 1.87 bits per heavy atom. The van der Waals surface area contributed by atoms with Crippen molar-refractivity contribution in [3.8, 4) is 33.0 Å². The second-order valence-electron chi connectivity index (χ2n) is 7.25. The summed E-state index contributed by atoms with van der Waals surface area (Å²) in [5.74, 6) is 0. The molecule has 0 fully saturated rings. The second kappa shape index (κ2) is 6.75. The van der Waals surface area contributed by atoms with E-state index in [2.05, 4.69) is 31.2 Å². The molecule has 0 spiro atoms. The van der Waals surface area contributed by atoms with E-state index in [0.29, 0.717) is 5.69 Å². The molecule has 0 radical (unpaired) electrons. The van der Waals surface area contributed by atoms with Crippen LogP contribution < -0.4 is 5.73 Å². The molecule has 150 valence electrons. The standard InChI is InChI=1S/C23H15FN6S/c24-21-4-3-20(31-21)15-5-6-27-23-16(15)9-19(28-23)22-17-8-12(1-2-18(17)29-30-22)13-7-14(25)11-26-10-13/h1-11H,25H2,(H,27,28)(H,29,30). The summed E-state index contributed by atoms with van der Waals surface area (Å²) < 4.78 is 13.6. The average molecular weight is 426 g/mol. The van der Waals surface area contributed by atoms with Gasteiger partial charge in [0, 0.05) is 45.4 Å². The van der Waals surface area contributed by atoms with Gasteiger partial charge in [-0.05, 0) is 48.0 Å². The third-order valence-electron chi connectivity index (χ3n) is 5.28. The third-order valence-corrected chi connectivity index (χ3v) is 6.19. The molecular weight excluding hydrogens is 411 g/mol. The molecule has 0 bridgehead atoms. The van der Waals surface area contributed by atoms with Crippen LogP contribution in [-0.2, 0) is 0 Å². The minimum Gasteiger partial charge on any atom is -0.397 e. The molecule has 8 heteroatoms. The minimum absolute atomic E-state index is 0.211. The lowest BCUT2D eigenvalue weighted by atomic mass is 10.0. The Balaban J connectivity index is 1.51. The van der Waals surface area contributed by atoms with Gasteiger partial charge in [0.05, 0.1) is 16.9 Å². The predicted octanol–water partition coefficient (Wildman–Crippen LogP) is 5.62. The largest absolute Gasteiger partial charge is 0.397 e. The molecule has 0 amide bonds. The first-order chi connectivity index (χ1) is 15.2. The molecule has 1 aromatic carbocycles. The number of hydrogen-bond donors (Lipinski definition) is 3. The van der Waals surface area contributed by atoms with Crippen LogP contribution in [0.15, 0.2) is 67.1 Å². The number of rotatable bonds is 3. The van der Waals surface area contributed by atoms with Crippen LogP contribution in [0.3, 0.4) is 0 Å². The maximum absolute atomic E-state index is 13.6. The van der Waals surface area contributed by atoms with Gasteiger partial charge < -0.3 is 10.7 Å². The minimum atomic E-state index is -0.211. The first kappa shape index (κ1) is 17.8. The molecule has 6 rings (SSSR count). The van der Waals surface area contributed by atoms with E-state index in [1.165, 1.54) is 6.07 Å². The number of fused-ring (bicyclic) bond motifs is 2. The van der Waals surface area contributed by atoms with E-state index >= 15 is 0 Å². The molecule has 0 saturated heterocycles. The van der Waals surface area contributed by atoms with Crippen LogP contribution in [0.1, 0.15) is 0 Å². The summed E-state index contributed by atoms with van der Waals surface area (Å²) in [6.07, 6.45) is 5.14. The number of aromatic nitrogens is 5. The van der Waals surface area contributed by atoms with Crippen LogP contribution in [0.4, 0.5) is 10.1 Å². The smallest absolute Gasteiger partial charge is 0.176 e. The van der Waals surface area contributed by atoms with Crippen molar-refractivity contribution in [2.24, 2.45) is 0 Å². The Morgan fingerprint density at radius 3 is 2.71 bits per heavy atom. The SMILES string of the molecule is Nc1cncc(-c2ccc3[nH]nc(-c4cc5c(-c6ccc(F)s6)ccnc5[nH]4)c3c2)c1. The molecule has 6 aromatic rings. The van der Waals surface area contributed by atoms with Gasteiger partial charge in [-0.25, -0.2) is 4.98 Å². The summed E-state index contributed by atoms with van der Waals surface area (Å²) in [5.41, 5.74) is 12.7. The van der Waals surface area contributed by atoms with E-state index < -0.39 is 0 Å². The summed E-state index contributed by atoms with van der Waals surface area (Å²) in [5, 5.41) is 9.31. The van der Waals surface area contributed by atoms with E-state index in [9.17, 15) is 4.39 Å². The van der Waals surface area contributed by atoms with Gasteiger partial charge >= 0.3 is 0 Å². The Hall–Kier alpha value is -4.04. The number of anilines is 1. The summed E-state index contributed by atoms with van der Waals surface area (Å²) in [6.45, 7) is 0. The maximum atomic E-state index is 13.6. The monoisotopic (exact) mass is 426 g/mol. The van der Waals surface area contributed by atoms with Crippen molar-refractivity contribution in [1.29, 1.82) is 0 Å². The molecule has 6 nitrogen and oxygen atoms in total. The molecule has 0 aliphatic heterocycles. The number of halogens is 1. The highest BCUT2D eigenvalue weighted by molar-refractivity contribution is 7.14. The summed E-state index contributed by atoms with van der Waals surface area (Å²) in [6, 6.07) is 15.2. The number of nitrogens with one attached hydrogen (secondary N) is 2. The predicted molar refractivity (Wildman–Crippen MR) is 122 cm³/mol. The number of nitrogens with two attached hydrogens (primary N) is 1. The molecular formula is C23H15FN6S. The molecule has 0 saturated carbocycles. The van der Waals surface area contributed by atoms with Crippen LogP contribution in [0.2, 0.25) is 0 Å².